The average Bonchev–Trinajstić information content (AvgIpc) is 2.67. The lowest BCUT2D eigenvalue weighted by Gasteiger charge is -2.25. The Bertz CT molecular complexity index is 681. The molecule has 0 aromatic heterocycles. The van der Waals surface area contributed by atoms with Crippen LogP contribution in [0.25, 0.3) is 0 Å². The predicted molar refractivity (Wildman–Crippen MR) is 99.6 cm³/mol. The van der Waals surface area contributed by atoms with Crippen LogP contribution >= 0.6 is 0 Å². The number of carbonyl (C=O) groups excluding carboxylic acids is 1. The molecule has 25 heavy (non-hydrogen) atoms. The summed E-state index contributed by atoms with van der Waals surface area (Å²) < 4.78 is 5.52. The molecule has 1 aliphatic heterocycles. The van der Waals surface area contributed by atoms with E-state index in [1.54, 1.807) is 7.11 Å². The largest absolute Gasteiger partial charge is 0.496 e. The summed E-state index contributed by atoms with van der Waals surface area (Å²) in [7, 11) is 1.66. The van der Waals surface area contributed by atoms with Gasteiger partial charge >= 0.3 is 0 Å². The van der Waals surface area contributed by atoms with Crippen LogP contribution in [-0.4, -0.2) is 26.1 Å². The zero-order chi connectivity index (χ0) is 17.5. The molecule has 0 saturated carbocycles. The molecule has 132 valence electrons. The molecular weight excluding hydrogens is 312 g/mol. The van der Waals surface area contributed by atoms with Gasteiger partial charge in [-0.05, 0) is 43.5 Å². The number of amides is 1. The van der Waals surface area contributed by atoms with E-state index in [9.17, 15) is 4.79 Å². The van der Waals surface area contributed by atoms with Gasteiger partial charge in [0, 0.05) is 12.0 Å². The van der Waals surface area contributed by atoms with Crippen LogP contribution in [0.3, 0.4) is 0 Å². The zero-order valence-corrected chi connectivity index (χ0v) is 14.7. The lowest BCUT2D eigenvalue weighted by atomic mass is 9.93. The number of ether oxygens (including phenoxy) is 1. The maximum atomic E-state index is 12.7. The third kappa shape index (κ3) is 4.60. The van der Waals surface area contributed by atoms with Crippen molar-refractivity contribution in [2.75, 3.05) is 20.2 Å². The average molecular weight is 338 g/mol. The van der Waals surface area contributed by atoms with Crippen molar-refractivity contribution in [3.63, 3.8) is 0 Å². The van der Waals surface area contributed by atoms with Crippen molar-refractivity contribution in [1.82, 2.24) is 10.6 Å². The fourth-order valence-corrected chi connectivity index (χ4v) is 3.46. The third-order valence-corrected chi connectivity index (χ3v) is 4.82. The summed E-state index contributed by atoms with van der Waals surface area (Å²) in [6.45, 7) is 2.01. The van der Waals surface area contributed by atoms with Gasteiger partial charge < -0.3 is 15.4 Å². The monoisotopic (exact) mass is 338 g/mol. The molecule has 0 spiro atoms. The molecule has 3 rings (SSSR count). The highest BCUT2D eigenvalue weighted by Crippen LogP contribution is 2.30. The number of methoxy groups -OCH3 is 1. The molecule has 0 aliphatic carbocycles. The summed E-state index contributed by atoms with van der Waals surface area (Å²) in [6.07, 6.45) is 2.72. The van der Waals surface area contributed by atoms with Crippen molar-refractivity contribution in [3.8, 4) is 5.75 Å². The van der Waals surface area contributed by atoms with Crippen LogP contribution in [-0.2, 0) is 4.79 Å². The number of hydrogen-bond acceptors (Lipinski definition) is 3. The van der Waals surface area contributed by atoms with E-state index in [1.807, 2.05) is 54.6 Å². The summed E-state index contributed by atoms with van der Waals surface area (Å²) in [5, 5.41) is 6.58. The molecule has 1 fully saturated rings. The second-order valence-corrected chi connectivity index (χ2v) is 6.55. The maximum absolute atomic E-state index is 12.7. The Kier molecular flexibility index (Phi) is 6.07. The minimum absolute atomic E-state index is 0.103. The first-order valence-corrected chi connectivity index (χ1v) is 8.96. The Hall–Kier alpha value is -2.33. The smallest absolute Gasteiger partial charge is 0.221 e. The molecule has 2 aromatic carbocycles. The number of benzene rings is 2. The molecule has 0 bridgehead atoms. The van der Waals surface area contributed by atoms with Crippen molar-refractivity contribution in [3.05, 3.63) is 65.7 Å². The second kappa shape index (κ2) is 8.67. The molecule has 1 amide bonds. The molecule has 1 atom stereocenters. The van der Waals surface area contributed by atoms with Crippen LogP contribution in [0.5, 0.6) is 5.75 Å². The SMILES string of the molecule is COc1ccccc1[C@H](NC(=O)CC1CCNCC1)c1ccccc1. The van der Waals surface area contributed by atoms with E-state index < -0.39 is 0 Å². The first kappa shape index (κ1) is 17.5. The van der Waals surface area contributed by atoms with Crippen LogP contribution in [0.15, 0.2) is 54.6 Å². The topological polar surface area (TPSA) is 50.4 Å². The Labute approximate surface area is 149 Å². The van der Waals surface area contributed by atoms with Crippen LogP contribution in [0, 0.1) is 5.92 Å². The second-order valence-electron chi connectivity index (χ2n) is 6.55. The summed E-state index contributed by atoms with van der Waals surface area (Å²) in [4.78, 5) is 12.7. The fraction of sp³-hybridized carbons (Fsp3) is 0.381. The highest BCUT2D eigenvalue weighted by atomic mass is 16.5. The van der Waals surface area contributed by atoms with Gasteiger partial charge in [-0.3, -0.25) is 4.79 Å². The number of rotatable bonds is 6. The Balaban J connectivity index is 1.80. The number of piperidine rings is 1. The number of carbonyl (C=O) groups is 1. The molecule has 0 radical (unpaired) electrons. The first-order chi connectivity index (χ1) is 12.3. The van der Waals surface area contributed by atoms with Gasteiger partial charge in [0.05, 0.1) is 13.2 Å². The van der Waals surface area contributed by atoms with Crippen LogP contribution in [0.2, 0.25) is 0 Å². The minimum atomic E-state index is -0.202. The summed E-state index contributed by atoms with van der Waals surface area (Å²) in [5.74, 6) is 1.36. The number of hydrogen-bond donors (Lipinski definition) is 2. The van der Waals surface area contributed by atoms with E-state index in [2.05, 4.69) is 10.6 Å². The minimum Gasteiger partial charge on any atom is -0.496 e. The number of para-hydroxylation sites is 1. The van der Waals surface area contributed by atoms with Gasteiger partial charge in [0.25, 0.3) is 0 Å². The third-order valence-electron chi connectivity index (χ3n) is 4.82. The molecule has 2 N–H and O–H groups in total. The maximum Gasteiger partial charge on any atom is 0.221 e. The van der Waals surface area contributed by atoms with Crippen molar-refractivity contribution in [2.45, 2.75) is 25.3 Å². The predicted octanol–water partition coefficient (Wildman–Crippen LogP) is 3.29. The standard InChI is InChI=1S/C21H26N2O2/c1-25-19-10-6-5-9-18(19)21(17-7-3-2-4-8-17)23-20(24)15-16-11-13-22-14-12-16/h2-10,16,21-22H,11-15H2,1H3,(H,23,24)/t21-/m1/s1. The zero-order valence-electron chi connectivity index (χ0n) is 14.7. The first-order valence-electron chi connectivity index (χ1n) is 8.96. The lowest BCUT2D eigenvalue weighted by Crippen LogP contribution is -2.34. The lowest BCUT2D eigenvalue weighted by molar-refractivity contribution is -0.122. The van der Waals surface area contributed by atoms with Gasteiger partial charge in [0.2, 0.25) is 5.91 Å². The molecule has 0 unspecified atom stereocenters. The van der Waals surface area contributed by atoms with Crippen molar-refractivity contribution in [2.24, 2.45) is 5.92 Å². The Morgan fingerprint density at radius 1 is 1.12 bits per heavy atom. The normalized spacial score (nSPS) is 16.2. The van der Waals surface area contributed by atoms with Gasteiger partial charge in [0.15, 0.2) is 0 Å². The quantitative estimate of drug-likeness (QED) is 0.850. The van der Waals surface area contributed by atoms with Crippen LogP contribution < -0.4 is 15.4 Å². The van der Waals surface area contributed by atoms with Crippen LogP contribution in [0.4, 0.5) is 0 Å². The highest BCUT2D eigenvalue weighted by molar-refractivity contribution is 5.77. The van der Waals surface area contributed by atoms with E-state index in [1.165, 1.54) is 0 Å². The highest BCUT2D eigenvalue weighted by Gasteiger charge is 2.22. The summed E-state index contributed by atoms with van der Waals surface area (Å²) >= 11 is 0. The summed E-state index contributed by atoms with van der Waals surface area (Å²) in [6, 6.07) is 17.7. The fourth-order valence-electron chi connectivity index (χ4n) is 3.46. The van der Waals surface area contributed by atoms with Crippen molar-refractivity contribution < 1.29 is 9.53 Å². The molecule has 4 nitrogen and oxygen atoms in total. The molecular formula is C21H26N2O2. The molecule has 4 heteroatoms. The van der Waals surface area contributed by atoms with E-state index >= 15 is 0 Å². The molecule has 2 aromatic rings. The number of nitrogens with one attached hydrogen (secondary N) is 2. The van der Waals surface area contributed by atoms with Gasteiger partial charge in [-0.2, -0.15) is 0 Å². The van der Waals surface area contributed by atoms with Gasteiger partial charge in [0.1, 0.15) is 5.75 Å². The molecule has 1 heterocycles. The van der Waals surface area contributed by atoms with Gasteiger partial charge in [-0.25, -0.2) is 0 Å². The van der Waals surface area contributed by atoms with Gasteiger partial charge in [-0.15, -0.1) is 0 Å². The van der Waals surface area contributed by atoms with Gasteiger partial charge in [-0.1, -0.05) is 48.5 Å². The van der Waals surface area contributed by atoms with E-state index in [4.69, 9.17) is 4.74 Å². The van der Waals surface area contributed by atoms with E-state index in [-0.39, 0.29) is 11.9 Å². The molecule has 1 saturated heterocycles. The Morgan fingerprint density at radius 2 is 1.80 bits per heavy atom. The van der Waals surface area contributed by atoms with Crippen molar-refractivity contribution >= 4 is 5.91 Å². The summed E-state index contributed by atoms with van der Waals surface area (Å²) in [5.41, 5.74) is 2.04. The van der Waals surface area contributed by atoms with Crippen LogP contribution in [0.1, 0.15) is 36.4 Å². The Morgan fingerprint density at radius 3 is 2.52 bits per heavy atom. The van der Waals surface area contributed by atoms with Crippen molar-refractivity contribution in [1.29, 1.82) is 0 Å². The van der Waals surface area contributed by atoms with E-state index in [0.29, 0.717) is 12.3 Å². The molecule has 1 aliphatic rings. The van der Waals surface area contributed by atoms with E-state index in [0.717, 1.165) is 42.8 Å².